The highest BCUT2D eigenvalue weighted by Gasteiger charge is 2.55. The Bertz CT molecular complexity index is 2170. The van der Waals surface area contributed by atoms with Crippen LogP contribution in [0.5, 0.6) is 0 Å². The lowest BCUT2D eigenvalue weighted by atomic mass is 9.78. The van der Waals surface area contributed by atoms with Gasteiger partial charge in [0.1, 0.15) is 29.0 Å². The Kier molecular flexibility index (Phi) is 19.2. The molecular weight excluding hydrogens is 889 g/mol. The van der Waals surface area contributed by atoms with Crippen molar-refractivity contribution in [3.63, 3.8) is 0 Å². The highest BCUT2D eigenvalue weighted by atomic mass is 16.7. The maximum absolute atomic E-state index is 13.9. The Morgan fingerprint density at radius 1 is 1.12 bits per heavy atom. The van der Waals surface area contributed by atoms with Crippen LogP contribution in [0, 0.1) is 23.7 Å². The van der Waals surface area contributed by atoms with Crippen molar-refractivity contribution in [1.82, 2.24) is 45.4 Å². The fourth-order valence-corrected chi connectivity index (χ4v) is 9.89. The van der Waals surface area contributed by atoms with Crippen molar-refractivity contribution < 1.29 is 48.3 Å². The maximum atomic E-state index is 13.9. The number of aliphatic hydroxyl groups excluding tert-OH is 1. The van der Waals surface area contributed by atoms with Gasteiger partial charge in [-0.15, -0.1) is 5.10 Å². The lowest BCUT2D eigenvalue weighted by Gasteiger charge is -2.47. The summed E-state index contributed by atoms with van der Waals surface area (Å²) in [6.45, 7) is 16.7. The van der Waals surface area contributed by atoms with E-state index in [1.54, 1.807) is 11.6 Å². The Morgan fingerprint density at radius 2 is 1.84 bits per heavy atom. The number of likely N-dealkylation sites (N-methyl/N-ethyl adjacent to an activating group) is 1. The molecule has 20 nitrogen and oxygen atoms in total. The van der Waals surface area contributed by atoms with E-state index in [1.807, 2.05) is 75.1 Å². The summed E-state index contributed by atoms with van der Waals surface area (Å²) < 4.78 is 27.4. The zero-order chi connectivity index (χ0) is 50.8. The molecule has 1 aromatic carbocycles. The number of nitrogens with one attached hydrogen (secondary N) is 2. The van der Waals surface area contributed by atoms with Crippen molar-refractivity contribution in [3.8, 4) is 11.3 Å². The van der Waals surface area contributed by atoms with E-state index in [2.05, 4.69) is 51.7 Å². The summed E-state index contributed by atoms with van der Waals surface area (Å²) in [5.41, 5.74) is 6.38. The van der Waals surface area contributed by atoms with E-state index < -0.39 is 71.3 Å². The van der Waals surface area contributed by atoms with Crippen LogP contribution in [-0.4, -0.2) is 163 Å². The third-order valence-electron chi connectivity index (χ3n) is 14.3. The second-order valence-corrected chi connectivity index (χ2v) is 19.7. The molecule has 4 heterocycles. The number of anilines is 1. The average Bonchev–Trinajstić information content (AvgIpc) is 3.91. The lowest BCUT2D eigenvalue weighted by molar-refractivity contribution is -0.296. The molecule has 2 aliphatic heterocycles. The summed E-state index contributed by atoms with van der Waals surface area (Å²) in [6, 6.07) is 6.51. The molecule has 2 amide bonds. The topological polar surface area (TPSA) is 259 Å². The van der Waals surface area contributed by atoms with Crippen molar-refractivity contribution in [2.45, 2.75) is 148 Å². The van der Waals surface area contributed by atoms with Gasteiger partial charge < -0.3 is 50.4 Å². The number of unbranched alkanes of at least 4 members (excludes halogenated alkanes) is 1. The number of carboxylic acids is 1. The minimum absolute atomic E-state index is 0.0547. The van der Waals surface area contributed by atoms with E-state index in [0.29, 0.717) is 44.6 Å². The number of nitrogens with zero attached hydrogens (tertiary/aromatic N) is 7. The molecule has 3 unspecified atom stereocenters. The molecule has 2 aliphatic rings. The first-order valence-electron chi connectivity index (χ1n) is 24.1. The number of nitrogens with two attached hydrogens (primary N) is 1. The van der Waals surface area contributed by atoms with Crippen LogP contribution < -0.4 is 16.4 Å². The van der Waals surface area contributed by atoms with Crippen LogP contribution in [0.3, 0.4) is 0 Å². The van der Waals surface area contributed by atoms with Gasteiger partial charge in [-0.2, -0.15) is 0 Å². The van der Waals surface area contributed by atoms with Gasteiger partial charge in [0.15, 0.2) is 12.1 Å². The molecular formula is C49H76N10O10. The summed E-state index contributed by atoms with van der Waals surface area (Å²) in [5, 5.41) is 36.8. The normalized spacial score (nSPS) is 25.3. The molecule has 6 N–H and O–H groups in total. The number of aliphatic hydroxyl groups is 1. The van der Waals surface area contributed by atoms with Crippen LogP contribution in [0.15, 0.2) is 49.1 Å². The van der Waals surface area contributed by atoms with Crippen molar-refractivity contribution in [2.75, 3.05) is 46.6 Å². The molecule has 5 rings (SSSR count). The molecule has 2 saturated heterocycles. The molecule has 0 bridgehead atoms. The van der Waals surface area contributed by atoms with Crippen molar-refractivity contribution in [1.29, 1.82) is 0 Å². The molecule has 0 radical (unpaired) electrons. The Hall–Kier alpha value is -5.12. The van der Waals surface area contributed by atoms with Crippen LogP contribution in [0.1, 0.15) is 98.0 Å². The first-order valence-corrected chi connectivity index (χ1v) is 24.1. The number of nitrogen functional groups attached to an aromatic ring is 1. The highest BCUT2D eigenvalue weighted by molar-refractivity contribution is 5.99. The largest absolute Gasteiger partial charge is 0.481 e. The average molecular weight is 965 g/mol. The maximum Gasteiger partial charge on any atom is 0.410 e. The SMILES string of the molecule is CC[C@@H](C)[C@@]1(C)OC(=O)N(CCCCn2cc(-c3cccc(N)c3)nn2)[C@@H]1[C@@H](C)NC[C@H](C)C[C@@](C)(OC)[C@H](O[C@@H]1OC(CNC(=O)c2cnccn2)CC(N(C)C)C1O)[C@@H](C)C(=O)[C@@H](C)C(=O)O. The van der Waals surface area contributed by atoms with Gasteiger partial charge in [-0.1, -0.05) is 45.0 Å². The fraction of sp³-hybridized carbons (Fsp3) is 0.673. The van der Waals surface area contributed by atoms with Crippen LogP contribution in [0.2, 0.25) is 0 Å². The number of ketones is 1. The second-order valence-electron chi connectivity index (χ2n) is 19.7. The zero-order valence-corrected chi connectivity index (χ0v) is 42.2. The van der Waals surface area contributed by atoms with Gasteiger partial charge in [-0.05, 0) is 104 Å². The number of methoxy groups -OCH3 is 1. The van der Waals surface area contributed by atoms with Gasteiger partial charge in [0.05, 0.1) is 36.2 Å². The number of hydrogen-bond acceptors (Lipinski definition) is 16. The lowest BCUT2D eigenvalue weighted by Crippen LogP contribution is -2.60. The van der Waals surface area contributed by atoms with Crippen LogP contribution in [0.25, 0.3) is 11.3 Å². The Morgan fingerprint density at radius 3 is 2.48 bits per heavy atom. The number of aryl methyl sites for hydroxylation is 1. The zero-order valence-electron chi connectivity index (χ0n) is 42.2. The summed E-state index contributed by atoms with van der Waals surface area (Å²) in [4.78, 5) is 64.3. The van der Waals surface area contributed by atoms with E-state index in [1.165, 1.54) is 32.6 Å². The molecule has 0 saturated carbocycles. The van der Waals surface area contributed by atoms with Gasteiger partial charge in [0, 0.05) is 68.4 Å². The Labute approximate surface area is 406 Å². The third kappa shape index (κ3) is 13.4. The molecule has 3 aromatic rings. The van der Waals surface area contributed by atoms with Crippen LogP contribution >= 0.6 is 0 Å². The third-order valence-corrected chi connectivity index (χ3v) is 14.3. The molecule has 20 heteroatoms. The predicted octanol–water partition coefficient (Wildman–Crippen LogP) is 4.28. The van der Waals surface area contributed by atoms with E-state index in [9.17, 15) is 29.4 Å². The number of carbonyl (C=O) groups is 4. The number of ether oxygens (including phenoxy) is 4. The molecule has 0 spiro atoms. The number of amides is 2. The number of aliphatic carboxylic acids is 1. The van der Waals surface area contributed by atoms with E-state index in [-0.39, 0.29) is 42.3 Å². The number of hydrogen-bond donors (Lipinski definition) is 5. The number of benzene rings is 1. The van der Waals surface area contributed by atoms with Crippen molar-refractivity contribution in [2.24, 2.45) is 23.7 Å². The second kappa shape index (κ2) is 24.1. The van der Waals surface area contributed by atoms with Gasteiger partial charge in [-0.25, -0.2) is 9.78 Å². The first kappa shape index (κ1) is 54.8. The first-order chi connectivity index (χ1) is 32.6. The quantitative estimate of drug-likeness (QED) is 0.0427. The summed E-state index contributed by atoms with van der Waals surface area (Å²) in [7, 11) is 5.15. The van der Waals surface area contributed by atoms with Gasteiger partial charge in [0.2, 0.25) is 0 Å². The highest BCUT2D eigenvalue weighted by Crippen LogP contribution is 2.40. The van der Waals surface area contributed by atoms with E-state index in [0.717, 1.165) is 24.1 Å². The number of Topliss-reactive ketones (excluding diaryl/α,β-unsaturated/α-hetero) is 1. The fourth-order valence-electron chi connectivity index (χ4n) is 9.89. The van der Waals surface area contributed by atoms with Crippen molar-refractivity contribution >= 4 is 29.4 Å². The number of aromatic nitrogens is 5. The molecule has 382 valence electrons. The van der Waals surface area contributed by atoms with Crippen molar-refractivity contribution in [3.05, 3.63) is 54.7 Å². The molecule has 2 aromatic heterocycles. The number of carbonyl (C=O) groups excluding carboxylic acids is 3. The number of carboxylic acid groups (broad SMARTS) is 1. The van der Waals surface area contributed by atoms with Crippen LogP contribution in [-0.2, 0) is 35.1 Å². The molecule has 0 aliphatic carbocycles. The van der Waals surface area contributed by atoms with Crippen LogP contribution in [0.4, 0.5) is 10.5 Å². The minimum Gasteiger partial charge on any atom is -0.481 e. The monoisotopic (exact) mass is 965 g/mol. The number of cyclic esters (lactones) is 1. The minimum atomic E-state index is -1.35. The van der Waals surface area contributed by atoms with Gasteiger partial charge in [-0.3, -0.25) is 28.9 Å². The van der Waals surface area contributed by atoms with Gasteiger partial charge in [0.25, 0.3) is 5.91 Å². The molecule has 69 heavy (non-hydrogen) atoms. The predicted molar refractivity (Wildman–Crippen MR) is 258 cm³/mol. The summed E-state index contributed by atoms with van der Waals surface area (Å²) in [5.74, 6) is -4.74. The van der Waals surface area contributed by atoms with Gasteiger partial charge >= 0.3 is 12.1 Å². The van der Waals surface area contributed by atoms with E-state index >= 15 is 0 Å². The summed E-state index contributed by atoms with van der Waals surface area (Å²) in [6.07, 6.45) is 4.51. The smallest absolute Gasteiger partial charge is 0.410 e. The molecule has 13 atom stereocenters. The molecule has 2 fully saturated rings. The summed E-state index contributed by atoms with van der Waals surface area (Å²) >= 11 is 0. The number of rotatable bonds is 26. The van der Waals surface area contributed by atoms with E-state index in [4.69, 9.17) is 24.7 Å². The Balaban J connectivity index is 1.30. The standard InChI is InChI=1S/C49H76N10O10/c1-12-30(3)49(8)42(59(47(65)69-49)21-14-13-20-58-28-38(55-56-58)34-16-15-17-35(50)22-34)33(6)53-25-29(2)24-48(7,66-11)43(31(4)40(60)32(5)45(63)64)68-46-41(61)39(57(9)10)23-36(67-46)26-54-44(62)37-27-51-18-19-52-37/h15-19,22,27-33,36,39,41-43,46,53,61H,12-14,20-21,23-26,50H2,1-11H3,(H,54,62)(H,63,64)/t29-,30-,31+,32-,33-,36?,39?,41?,42-,43-,46+,48-,49-/m1/s1.